The zero-order valence-electron chi connectivity index (χ0n) is 34.5. The Hall–Kier alpha value is -7.78. The first-order chi connectivity index (χ1) is 31.3. The predicted molar refractivity (Wildman–Crippen MR) is 268 cm³/mol. The van der Waals surface area contributed by atoms with Gasteiger partial charge in [0.15, 0.2) is 0 Å². The van der Waals surface area contributed by atoms with Crippen LogP contribution in [0.2, 0.25) is 0 Å². The molecule has 1 aliphatic carbocycles. The molecular formula is C61H41NS. The molecule has 296 valence electrons. The standard InChI is InChI=1S/C61H41NS/c1-4-18-42(19-5-1)44-20-16-21-45(40-44)50-26-11-14-32-58(50)62(48-36-34-43(35-37-48)51-29-17-30-55-54-28-12-15-33-59(54)63-60(51)55)49-38-39-53-52-27-10-13-31-56(52)61(57(53)41-49,46-22-6-2-7-23-46)47-24-8-3-9-25-47/h1-41H. The van der Waals surface area contributed by atoms with E-state index in [4.69, 9.17) is 0 Å². The Labute approximate surface area is 372 Å². The van der Waals surface area contributed by atoms with Gasteiger partial charge in [0.2, 0.25) is 0 Å². The number of thiophene rings is 1. The number of hydrogen-bond donors (Lipinski definition) is 0. The van der Waals surface area contributed by atoms with Crippen molar-refractivity contribution >= 4 is 48.6 Å². The molecule has 0 radical (unpaired) electrons. The Morgan fingerprint density at radius 1 is 0.317 bits per heavy atom. The second kappa shape index (κ2) is 15.3. The monoisotopic (exact) mass is 819 g/mol. The highest BCUT2D eigenvalue weighted by atomic mass is 32.1. The molecule has 0 fully saturated rings. The molecule has 1 aliphatic rings. The van der Waals surface area contributed by atoms with Gasteiger partial charge in [0, 0.05) is 37.1 Å². The molecule has 0 N–H and O–H groups in total. The van der Waals surface area contributed by atoms with Crippen molar-refractivity contribution in [1.29, 1.82) is 0 Å². The first-order valence-electron chi connectivity index (χ1n) is 21.7. The van der Waals surface area contributed by atoms with Crippen molar-refractivity contribution in [3.05, 3.63) is 271 Å². The summed E-state index contributed by atoms with van der Waals surface area (Å²) in [5.74, 6) is 0. The predicted octanol–water partition coefficient (Wildman–Crippen LogP) is 16.9. The molecule has 10 aromatic carbocycles. The van der Waals surface area contributed by atoms with Crippen LogP contribution in [0, 0.1) is 0 Å². The summed E-state index contributed by atoms with van der Waals surface area (Å²) in [5.41, 5.74) is 17.6. The molecule has 2 heteroatoms. The molecular weight excluding hydrogens is 779 g/mol. The molecule has 0 aliphatic heterocycles. The average molecular weight is 820 g/mol. The molecule has 0 bridgehead atoms. The summed E-state index contributed by atoms with van der Waals surface area (Å²) in [5, 5.41) is 2.63. The van der Waals surface area contributed by atoms with Gasteiger partial charge in [0.1, 0.15) is 0 Å². The van der Waals surface area contributed by atoms with Crippen molar-refractivity contribution in [1.82, 2.24) is 0 Å². The number of hydrogen-bond acceptors (Lipinski definition) is 2. The van der Waals surface area contributed by atoms with E-state index in [0.717, 1.165) is 22.6 Å². The number of fused-ring (bicyclic) bond motifs is 6. The van der Waals surface area contributed by atoms with E-state index >= 15 is 0 Å². The summed E-state index contributed by atoms with van der Waals surface area (Å²) in [6, 6.07) is 91.5. The van der Waals surface area contributed by atoms with Crippen molar-refractivity contribution in [3.8, 4) is 44.5 Å². The maximum atomic E-state index is 2.47. The Bertz CT molecular complexity index is 3400. The second-order valence-electron chi connectivity index (χ2n) is 16.4. The van der Waals surface area contributed by atoms with E-state index in [1.165, 1.54) is 81.4 Å². The molecule has 0 unspecified atom stereocenters. The quantitative estimate of drug-likeness (QED) is 0.148. The Morgan fingerprint density at radius 3 is 1.65 bits per heavy atom. The fourth-order valence-electron chi connectivity index (χ4n) is 10.2. The lowest BCUT2D eigenvalue weighted by molar-refractivity contribution is 0.768. The highest BCUT2D eigenvalue weighted by Gasteiger charge is 2.46. The lowest BCUT2D eigenvalue weighted by Crippen LogP contribution is -2.28. The normalized spacial score (nSPS) is 12.6. The molecule has 0 atom stereocenters. The average Bonchev–Trinajstić information content (AvgIpc) is 3.89. The van der Waals surface area contributed by atoms with Crippen LogP contribution < -0.4 is 4.90 Å². The molecule has 0 spiro atoms. The zero-order chi connectivity index (χ0) is 41.7. The lowest BCUT2D eigenvalue weighted by Gasteiger charge is -2.35. The molecule has 0 saturated carbocycles. The fourth-order valence-corrected chi connectivity index (χ4v) is 11.4. The van der Waals surface area contributed by atoms with Gasteiger partial charge in [-0.25, -0.2) is 0 Å². The van der Waals surface area contributed by atoms with Crippen LogP contribution in [-0.4, -0.2) is 0 Å². The van der Waals surface area contributed by atoms with Gasteiger partial charge < -0.3 is 4.90 Å². The number of benzene rings is 10. The SMILES string of the molecule is c1ccc(-c2cccc(-c3ccccc3N(c3ccc(-c4cccc5c4sc4ccccc45)cc3)c3ccc4c(c3)C(c3ccccc3)(c3ccccc3)c3ccccc3-4)c2)cc1. The van der Waals surface area contributed by atoms with Gasteiger partial charge in [-0.05, 0) is 104 Å². The topological polar surface area (TPSA) is 3.24 Å². The first kappa shape index (κ1) is 37.0. The Kier molecular flexibility index (Phi) is 8.98. The van der Waals surface area contributed by atoms with E-state index in [2.05, 4.69) is 254 Å². The van der Waals surface area contributed by atoms with Crippen LogP contribution in [0.25, 0.3) is 64.7 Å². The highest BCUT2D eigenvalue weighted by molar-refractivity contribution is 7.26. The smallest absolute Gasteiger partial charge is 0.0714 e. The lowest BCUT2D eigenvalue weighted by atomic mass is 9.67. The van der Waals surface area contributed by atoms with Gasteiger partial charge in [-0.15, -0.1) is 11.3 Å². The van der Waals surface area contributed by atoms with Gasteiger partial charge in [-0.2, -0.15) is 0 Å². The zero-order valence-corrected chi connectivity index (χ0v) is 35.3. The van der Waals surface area contributed by atoms with E-state index in [1.54, 1.807) is 0 Å². The molecule has 1 nitrogen and oxygen atoms in total. The van der Waals surface area contributed by atoms with Gasteiger partial charge >= 0.3 is 0 Å². The summed E-state index contributed by atoms with van der Waals surface area (Å²) in [6.45, 7) is 0. The molecule has 1 aromatic heterocycles. The molecule has 0 saturated heterocycles. The minimum absolute atomic E-state index is 0.521. The number of rotatable bonds is 8. The largest absolute Gasteiger partial charge is 0.310 e. The number of para-hydroxylation sites is 1. The first-order valence-corrected chi connectivity index (χ1v) is 22.5. The van der Waals surface area contributed by atoms with Crippen molar-refractivity contribution in [3.63, 3.8) is 0 Å². The number of anilines is 3. The van der Waals surface area contributed by atoms with Crippen LogP contribution in [0.4, 0.5) is 17.1 Å². The molecule has 11 aromatic rings. The van der Waals surface area contributed by atoms with Gasteiger partial charge in [0.05, 0.1) is 11.1 Å². The Morgan fingerprint density at radius 2 is 0.873 bits per heavy atom. The summed E-state index contributed by atoms with van der Waals surface area (Å²) >= 11 is 1.88. The summed E-state index contributed by atoms with van der Waals surface area (Å²) < 4.78 is 2.64. The van der Waals surface area contributed by atoms with Crippen molar-refractivity contribution < 1.29 is 0 Å². The minimum atomic E-state index is -0.521. The van der Waals surface area contributed by atoms with Gasteiger partial charge in [0.25, 0.3) is 0 Å². The molecule has 12 rings (SSSR count). The summed E-state index contributed by atoms with van der Waals surface area (Å²) in [4.78, 5) is 2.47. The van der Waals surface area contributed by atoms with Gasteiger partial charge in [-0.3, -0.25) is 0 Å². The van der Waals surface area contributed by atoms with E-state index in [1.807, 2.05) is 11.3 Å². The van der Waals surface area contributed by atoms with Crippen molar-refractivity contribution in [2.75, 3.05) is 4.90 Å². The third kappa shape index (κ3) is 6.06. The third-order valence-corrected chi connectivity index (χ3v) is 14.2. The summed E-state index contributed by atoms with van der Waals surface area (Å²) in [6.07, 6.45) is 0. The third-order valence-electron chi connectivity index (χ3n) is 13.0. The molecule has 63 heavy (non-hydrogen) atoms. The van der Waals surface area contributed by atoms with E-state index in [-0.39, 0.29) is 0 Å². The number of nitrogens with zero attached hydrogens (tertiary/aromatic N) is 1. The van der Waals surface area contributed by atoms with E-state index in [0.29, 0.717) is 0 Å². The van der Waals surface area contributed by atoms with Crippen molar-refractivity contribution in [2.24, 2.45) is 0 Å². The van der Waals surface area contributed by atoms with E-state index < -0.39 is 5.41 Å². The molecule has 0 amide bonds. The maximum Gasteiger partial charge on any atom is 0.0714 e. The van der Waals surface area contributed by atoms with Crippen LogP contribution in [0.5, 0.6) is 0 Å². The van der Waals surface area contributed by atoms with Crippen LogP contribution in [0.15, 0.2) is 249 Å². The van der Waals surface area contributed by atoms with Crippen LogP contribution in [-0.2, 0) is 5.41 Å². The minimum Gasteiger partial charge on any atom is -0.310 e. The fraction of sp³-hybridized carbons (Fsp3) is 0.0164. The Balaban J connectivity index is 1.08. The second-order valence-corrected chi connectivity index (χ2v) is 17.4. The van der Waals surface area contributed by atoms with E-state index in [9.17, 15) is 0 Å². The van der Waals surface area contributed by atoms with Crippen molar-refractivity contribution in [2.45, 2.75) is 5.41 Å². The maximum absolute atomic E-state index is 2.47. The van der Waals surface area contributed by atoms with Gasteiger partial charge in [-0.1, -0.05) is 206 Å². The summed E-state index contributed by atoms with van der Waals surface area (Å²) in [7, 11) is 0. The van der Waals surface area contributed by atoms with Crippen LogP contribution >= 0.6 is 11.3 Å². The van der Waals surface area contributed by atoms with Crippen LogP contribution in [0.3, 0.4) is 0 Å². The highest BCUT2D eigenvalue weighted by Crippen LogP contribution is 2.57. The van der Waals surface area contributed by atoms with Crippen LogP contribution in [0.1, 0.15) is 22.3 Å². The molecule has 1 heterocycles.